The van der Waals surface area contributed by atoms with Crippen molar-refractivity contribution >= 4 is 23.2 Å². The second kappa shape index (κ2) is 5.57. The second-order valence-electron chi connectivity index (χ2n) is 3.79. The Labute approximate surface area is 115 Å². The first-order chi connectivity index (χ1) is 8.61. The van der Waals surface area contributed by atoms with Crippen LogP contribution in [0.4, 0.5) is 0 Å². The van der Waals surface area contributed by atoms with Crippen molar-refractivity contribution in [3.63, 3.8) is 0 Å². The lowest BCUT2D eigenvalue weighted by atomic mass is 10.1. The quantitative estimate of drug-likeness (QED) is 0.927. The van der Waals surface area contributed by atoms with Crippen molar-refractivity contribution in [2.24, 2.45) is 5.73 Å². The smallest absolute Gasteiger partial charge is 0.224 e. The summed E-state index contributed by atoms with van der Waals surface area (Å²) in [6.45, 7) is 2.31. The Hall–Kier alpha value is -1.29. The van der Waals surface area contributed by atoms with Gasteiger partial charge in [0.05, 0.1) is 5.02 Å². The van der Waals surface area contributed by atoms with Crippen LogP contribution in [0, 0.1) is 6.92 Å². The van der Waals surface area contributed by atoms with Crippen LogP contribution in [0.25, 0.3) is 0 Å². The largest absolute Gasteiger partial charge is 0.437 e. The number of halogens is 2. The molecule has 0 aliphatic carbocycles. The molecule has 0 fully saturated rings. The minimum absolute atomic E-state index is 0.354. The number of nitrogens with zero attached hydrogens (tertiary/aromatic N) is 1. The molecule has 2 N–H and O–H groups in total. The van der Waals surface area contributed by atoms with Gasteiger partial charge < -0.3 is 10.5 Å². The Kier molecular flexibility index (Phi) is 4.07. The maximum atomic E-state index is 6.04. The molecule has 1 heterocycles. The van der Waals surface area contributed by atoms with Gasteiger partial charge in [0.15, 0.2) is 0 Å². The van der Waals surface area contributed by atoms with E-state index in [1.54, 1.807) is 24.4 Å². The van der Waals surface area contributed by atoms with Crippen LogP contribution in [-0.4, -0.2) is 4.98 Å². The fraction of sp³-hybridized carbons (Fsp3) is 0.154. The highest BCUT2D eigenvalue weighted by atomic mass is 35.5. The van der Waals surface area contributed by atoms with E-state index in [9.17, 15) is 0 Å². The Bertz CT molecular complexity index is 573. The molecule has 2 aromatic rings. The zero-order valence-electron chi connectivity index (χ0n) is 9.78. The zero-order chi connectivity index (χ0) is 13.1. The van der Waals surface area contributed by atoms with Crippen LogP contribution in [0.5, 0.6) is 11.6 Å². The van der Waals surface area contributed by atoms with Crippen LogP contribution < -0.4 is 10.5 Å². The molecule has 1 aromatic carbocycles. The van der Waals surface area contributed by atoms with Gasteiger partial charge in [-0.05, 0) is 30.7 Å². The Morgan fingerprint density at radius 1 is 1.28 bits per heavy atom. The topological polar surface area (TPSA) is 48.1 Å². The van der Waals surface area contributed by atoms with E-state index in [4.69, 9.17) is 33.7 Å². The highest BCUT2D eigenvalue weighted by molar-refractivity contribution is 6.34. The van der Waals surface area contributed by atoms with Gasteiger partial charge in [-0.15, -0.1) is 0 Å². The molecular weight excluding hydrogens is 271 g/mol. The molecule has 0 saturated heterocycles. The molecule has 18 heavy (non-hydrogen) atoms. The standard InChI is InChI=1S/C13H12Cl2N2O/c1-8-4-5-17-13(10(8)7-16)18-12-6-9(14)2-3-11(12)15/h2-6H,7,16H2,1H3. The molecule has 5 heteroatoms. The maximum absolute atomic E-state index is 6.04. The van der Waals surface area contributed by atoms with Crippen molar-refractivity contribution in [2.75, 3.05) is 0 Å². The van der Waals surface area contributed by atoms with Crippen molar-refractivity contribution < 1.29 is 4.74 Å². The van der Waals surface area contributed by atoms with E-state index in [-0.39, 0.29) is 0 Å². The number of ether oxygens (including phenoxy) is 1. The molecule has 0 unspecified atom stereocenters. The molecule has 3 nitrogen and oxygen atoms in total. The third-order valence-corrected chi connectivity index (χ3v) is 3.10. The van der Waals surface area contributed by atoms with Crippen LogP contribution in [0.1, 0.15) is 11.1 Å². The molecule has 0 radical (unpaired) electrons. The number of hydrogen-bond acceptors (Lipinski definition) is 3. The summed E-state index contributed by atoms with van der Waals surface area (Å²) < 4.78 is 5.69. The van der Waals surface area contributed by atoms with Gasteiger partial charge in [-0.1, -0.05) is 23.2 Å². The third kappa shape index (κ3) is 2.75. The number of aromatic nitrogens is 1. The molecule has 2 rings (SSSR count). The third-order valence-electron chi connectivity index (χ3n) is 2.55. The first-order valence-corrected chi connectivity index (χ1v) is 6.15. The van der Waals surface area contributed by atoms with E-state index >= 15 is 0 Å². The van der Waals surface area contributed by atoms with Gasteiger partial charge in [-0.2, -0.15) is 0 Å². The van der Waals surface area contributed by atoms with Gasteiger partial charge >= 0.3 is 0 Å². The maximum Gasteiger partial charge on any atom is 0.224 e. The number of aryl methyl sites for hydroxylation is 1. The van der Waals surface area contributed by atoms with Crippen molar-refractivity contribution in [2.45, 2.75) is 13.5 Å². The summed E-state index contributed by atoms with van der Waals surface area (Å²) >= 11 is 11.9. The van der Waals surface area contributed by atoms with Crippen LogP contribution in [0.2, 0.25) is 10.0 Å². The number of rotatable bonds is 3. The van der Waals surface area contributed by atoms with E-state index in [0.717, 1.165) is 11.1 Å². The van der Waals surface area contributed by atoms with Crippen molar-refractivity contribution in [3.05, 3.63) is 51.6 Å². The minimum Gasteiger partial charge on any atom is -0.437 e. The molecular formula is C13H12Cl2N2O. The molecule has 0 saturated carbocycles. The summed E-state index contributed by atoms with van der Waals surface area (Å²) in [6.07, 6.45) is 1.67. The average molecular weight is 283 g/mol. The highest BCUT2D eigenvalue weighted by Crippen LogP contribution is 2.32. The Balaban J connectivity index is 2.40. The fourth-order valence-corrected chi connectivity index (χ4v) is 1.88. The first kappa shape index (κ1) is 13.1. The SMILES string of the molecule is Cc1ccnc(Oc2cc(Cl)ccc2Cl)c1CN. The summed E-state index contributed by atoms with van der Waals surface area (Å²) in [5.74, 6) is 0.929. The van der Waals surface area contributed by atoms with Crippen LogP contribution in [0.3, 0.4) is 0 Å². The monoisotopic (exact) mass is 282 g/mol. The Morgan fingerprint density at radius 3 is 2.78 bits per heavy atom. The molecule has 0 atom stereocenters. The van der Waals surface area contributed by atoms with E-state index in [1.165, 1.54) is 0 Å². The molecule has 0 amide bonds. The number of hydrogen-bond donors (Lipinski definition) is 1. The van der Waals surface area contributed by atoms with Gasteiger partial charge in [-0.25, -0.2) is 4.98 Å². The lowest BCUT2D eigenvalue weighted by Crippen LogP contribution is -2.03. The summed E-state index contributed by atoms with van der Waals surface area (Å²) in [5.41, 5.74) is 7.58. The van der Waals surface area contributed by atoms with Gasteiger partial charge in [-0.3, -0.25) is 0 Å². The van der Waals surface area contributed by atoms with Crippen molar-refractivity contribution in [1.29, 1.82) is 0 Å². The molecule has 0 bridgehead atoms. The number of benzene rings is 1. The summed E-state index contributed by atoms with van der Waals surface area (Å²) in [5, 5.41) is 1.03. The Morgan fingerprint density at radius 2 is 2.06 bits per heavy atom. The van der Waals surface area contributed by atoms with E-state index in [2.05, 4.69) is 4.98 Å². The van der Waals surface area contributed by atoms with Crippen LogP contribution in [-0.2, 0) is 6.54 Å². The summed E-state index contributed by atoms with van der Waals surface area (Å²) in [7, 11) is 0. The van der Waals surface area contributed by atoms with Crippen molar-refractivity contribution in [1.82, 2.24) is 4.98 Å². The van der Waals surface area contributed by atoms with Crippen molar-refractivity contribution in [3.8, 4) is 11.6 Å². The highest BCUT2D eigenvalue weighted by Gasteiger charge is 2.10. The first-order valence-electron chi connectivity index (χ1n) is 5.39. The molecule has 0 aliphatic rings. The van der Waals surface area contributed by atoms with E-state index < -0.39 is 0 Å². The minimum atomic E-state index is 0.354. The average Bonchev–Trinajstić information content (AvgIpc) is 2.34. The van der Waals surface area contributed by atoms with Gasteiger partial charge in [0, 0.05) is 29.4 Å². The zero-order valence-corrected chi connectivity index (χ0v) is 11.3. The summed E-state index contributed by atoms with van der Waals surface area (Å²) in [6, 6.07) is 6.91. The predicted octanol–water partition coefficient (Wildman–Crippen LogP) is 3.95. The molecule has 94 valence electrons. The van der Waals surface area contributed by atoms with E-state index in [1.807, 2.05) is 13.0 Å². The number of nitrogens with two attached hydrogens (primary N) is 1. The van der Waals surface area contributed by atoms with Crippen LogP contribution >= 0.6 is 23.2 Å². The normalized spacial score (nSPS) is 10.4. The predicted molar refractivity (Wildman–Crippen MR) is 73.4 cm³/mol. The summed E-state index contributed by atoms with van der Waals surface area (Å²) in [4.78, 5) is 4.17. The van der Waals surface area contributed by atoms with Gasteiger partial charge in [0.25, 0.3) is 0 Å². The number of pyridine rings is 1. The lowest BCUT2D eigenvalue weighted by molar-refractivity contribution is 0.456. The van der Waals surface area contributed by atoms with Gasteiger partial charge in [0.2, 0.25) is 5.88 Å². The van der Waals surface area contributed by atoms with E-state index in [0.29, 0.717) is 28.2 Å². The van der Waals surface area contributed by atoms with Crippen LogP contribution in [0.15, 0.2) is 30.5 Å². The lowest BCUT2D eigenvalue weighted by Gasteiger charge is -2.12. The molecule has 0 spiro atoms. The molecule has 0 aliphatic heterocycles. The second-order valence-corrected chi connectivity index (χ2v) is 4.64. The fourth-order valence-electron chi connectivity index (χ4n) is 1.56. The van der Waals surface area contributed by atoms with Gasteiger partial charge in [0.1, 0.15) is 5.75 Å². The molecule has 1 aromatic heterocycles.